The van der Waals surface area contributed by atoms with Crippen molar-refractivity contribution in [3.63, 3.8) is 0 Å². The van der Waals surface area contributed by atoms with E-state index in [1.807, 2.05) is 18.2 Å². The van der Waals surface area contributed by atoms with Crippen LogP contribution in [0, 0.1) is 15.9 Å². The number of hydrogen-bond acceptors (Lipinski definition) is 3. The number of rotatable bonds is 3. The molecule has 1 amide bonds. The second kappa shape index (κ2) is 5.52. The number of halogens is 1. The van der Waals surface area contributed by atoms with Gasteiger partial charge in [0, 0.05) is 17.0 Å². The molecular weight excluding hydrogens is 323 g/mol. The molecule has 0 heterocycles. The van der Waals surface area contributed by atoms with Gasteiger partial charge >= 0.3 is 0 Å². The highest BCUT2D eigenvalue weighted by Crippen LogP contribution is 2.41. The summed E-state index contributed by atoms with van der Waals surface area (Å²) in [7, 11) is 0. The van der Waals surface area contributed by atoms with Gasteiger partial charge in [0.25, 0.3) is 11.6 Å². The van der Waals surface area contributed by atoms with Gasteiger partial charge in [0.2, 0.25) is 0 Å². The Hall–Kier alpha value is -3.54. The third-order valence-electron chi connectivity index (χ3n) is 4.19. The van der Waals surface area contributed by atoms with Gasteiger partial charge in [0.1, 0.15) is 11.5 Å². The van der Waals surface area contributed by atoms with Crippen molar-refractivity contribution in [3.05, 3.63) is 81.2 Å². The highest BCUT2D eigenvalue weighted by Gasteiger charge is 2.24. The molecule has 5 nitrogen and oxygen atoms in total. The van der Waals surface area contributed by atoms with Gasteiger partial charge in [-0.15, -0.1) is 0 Å². The van der Waals surface area contributed by atoms with E-state index in [2.05, 4.69) is 5.32 Å². The van der Waals surface area contributed by atoms with Crippen LogP contribution in [0.3, 0.4) is 0 Å². The van der Waals surface area contributed by atoms with Crippen molar-refractivity contribution in [3.8, 4) is 0 Å². The fraction of sp³-hybridized carbons (Fsp3) is 0. The van der Waals surface area contributed by atoms with Gasteiger partial charge in [-0.2, -0.15) is 0 Å². The summed E-state index contributed by atoms with van der Waals surface area (Å²) < 4.78 is 13.0. The maximum Gasteiger partial charge on any atom is 0.294 e. The summed E-state index contributed by atoms with van der Waals surface area (Å²) in [4.78, 5) is 23.4. The molecule has 0 unspecified atom stereocenters. The number of nitro benzene ring substituents is 1. The first-order valence-electron chi connectivity index (χ1n) is 7.54. The average molecular weight is 334 g/mol. The Morgan fingerprint density at radius 2 is 1.76 bits per heavy atom. The summed E-state index contributed by atoms with van der Waals surface area (Å²) in [5, 5.41) is 15.6. The molecule has 4 rings (SSSR count). The molecule has 3 aromatic carbocycles. The number of anilines is 1. The van der Waals surface area contributed by atoms with E-state index in [1.165, 1.54) is 30.3 Å². The zero-order chi connectivity index (χ0) is 17.6. The molecule has 6 heteroatoms. The van der Waals surface area contributed by atoms with Gasteiger partial charge in [-0.3, -0.25) is 14.9 Å². The first-order valence-corrected chi connectivity index (χ1v) is 7.54. The van der Waals surface area contributed by atoms with Crippen LogP contribution in [0.4, 0.5) is 15.8 Å². The normalized spacial score (nSPS) is 11.7. The number of carbonyl (C=O) groups excluding carboxylic acids is 1. The highest BCUT2D eigenvalue weighted by atomic mass is 19.1. The minimum atomic E-state index is -0.533. The van der Waals surface area contributed by atoms with Crippen molar-refractivity contribution in [2.24, 2.45) is 0 Å². The lowest BCUT2D eigenvalue weighted by atomic mass is 10.0. The SMILES string of the molecule is O=C(Nc1c([N+](=O)[O-])cc2c3c(cccc13)C=C2)c1ccc(F)cc1. The van der Waals surface area contributed by atoms with Crippen molar-refractivity contribution in [1.82, 2.24) is 0 Å². The summed E-state index contributed by atoms with van der Waals surface area (Å²) in [5.41, 5.74) is 1.87. The van der Waals surface area contributed by atoms with Crippen molar-refractivity contribution in [2.45, 2.75) is 0 Å². The maximum absolute atomic E-state index is 13.0. The molecule has 0 bridgehead atoms. The molecule has 0 atom stereocenters. The summed E-state index contributed by atoms with van der Waals surface area (Å²) in [6.07, 6.45) is 3.70. The van der Waals surface area contributed by atoms with Gasteiger partial charge in [-0.1, -0.05) is 30.4 Å². The molecule has 1 aliphatic rings. The molecule has 1 N–H and O–H groups in total. The Morgan fingerprint density at radius 1 is 1.04 bits per heavy atom. The molecule has 0 fully saturated rings. The fourth-order valence-corrected chi connectivity index (χ4v) is 3.04. The van der Waals surface area contributed by atoms with Crippen LogP contribution in [0.25, 0.3) is 22.9 Å². The topological polar surface area (TPSA) is 72.2 Å². The number of amides is 1. The lowest BCUT2D eigenvalue weighted by Gasteiger charge is -2.11. The van der Waals surface area contributed by atoms with Crippen LogP contribution in [0.1, 0.15) is 21.5 Å². The lowest BCUT2D eigenvalue weighted by molar-refractivity contribution is -0.383. The Labute approximate surface area is 141 Å². The van der Waals surface area contributed by atoms with E-state index in [9.17, 15) is 19.3 Å². The second-order valence-corrected chi connectivity index (χ2v) is 5.68. The van der Waals surface area contributed by atoms with Crippen LogP contribution < -0.4 is 5.32 Å². The summed E-state index contributed by atoms with van der Waals surface area (Å²) >= 11 is 0. The molecule has 122 valence electrons. The number of nitrogens with zero attached hydrogens (tertiary/aromatic N) is 1. The van der Waals surface area contributed by atoms with Crippen LogP contribution in [0.5, 0.6) is 0 Å². The first kappa shape index (κ1) is 15.0. The number of nitro groups is 1. The van der Waals surface area contributed by atoms with Crippen molar-refractivity contribution in [2.75, 3.05) is 5.32 Å². The van der Waals surface area contributed by atoms with E-state index in [0.717, 1.165) is 16.5 Å². The van der Waals surface area contributed by atoms with Crippen LogP contribution in [0.2, 0.25) is 0 Å². The highest BCUT2D eigenvalue weighted by molar-refractivity contribution is 6.16. The quantitative estimate of drug-likeness (QED) is 0.439. The van der Waals surface area contributed by atoms with Crippen molar-refractivity contribution in [1.29, 1.82) is 0 Å². The second-order valence-electron chi connectivity index (χ2n) is 5.68. The van der Waals surface area contributed by atoms with E-state index < -0.39 is 16.6 Å². The zero-order valence-electron chi connectivity index (χ0n) is 12.8. The smallest absolute Gasteiger partial charge is 0.294 e. The van der Waals surface area contributed by atoms with Crippen LogP contribution in [-0.4, -0.2) is 10.8 Å². The third-order valence-corrected chi connectivity index (χ3v) is 4.19. The van der Waals surface area contributed by atoms with Gasteiger partial charge in [-0.25, -0.2) is 4.39 Å². The average Bonchev–Trinajstić information content (AvgIpc) is 3.02. The van der Waals surface area contributed by atoms with E-state index in [0.29, 0.717) is 5.39 Å². The van der Waals surface area contributed by atoms with Crippen molar-refractivity contribution < 1.29 is 14.1 Å². The minimum Gasteiger partial charge on any atom is -0.316 e. The van der Waals surface area contributed by atoms with Gasteiger partial charge in [0.15, 0.2) is 0 Å². The Morgan fingerprint density at radius 3 is 2.48 bits per heavy atom. The van der Waals surface area contributed by atoms with E-state index in [-0.39, 0.29) is 16.9 Å². The molecule has 0 radical (unpaired) electrons. The van der Waals surface area contributed by atoms with E-state index in [4.69, 9.17) is 0 Å². The number of hydrogen-bond donors (Lipinski definition) is 1. The molecular formula is C19H11FN2O3. The zero-order valence-corrected chi connectivity index (χ0v) is 12.8. The van der Waals surface area contributed by atoms with Crippen LogP contribution in [-0.2, 0) is 0 Å². The van der Waals surface area contributed by atoms with Crippen molar-refractivity contribution >= 4 is 40.2 Å². The maximum atomic E-state index is 13.0. The van der Waals surface area contributed by atoms with Gasteiger partial charge in [0.05, 0.1) is 4.92 Å². The Kier molecular flexibility index (Phi) is 3.32. The molecule has 25 heavy (non-hydrogen) atoms. The van der Waals surface area contributed by atoms with Gasteiger partial charge in [-0.05, 0) is 40.8 Å². The molecule has 1 aliphatic carbocycles. The molecule has 0 saturated carbocycles. The molecule has 0 saturated heterocycles. The Bertz CT molecular complexity index is 1070. The van der Waals surface area contributed by atoms with Gasteiger partial charge < -0.3 is 5.32 Å². The summed E-state index contributed by atoms with van der Waals surface area (Å²) in [6, 6.07) is 11.9. The predicted octanol–water partition coefficient (Wildman–Crippen LogP) is 4.62. The number of carbonyl (C=O) groups is 1. The monoisotopic (exact) mass is 334 g/mol. The standard InChI is InChI=1S/C19H11FN2O3/c20-14-8-6-12(7-9-14)19(23)21-18-15-3-1-2-11-4-5-13(17(11)15)10-16(18)22(24)25/h1-10H,(H,21,23). The van der Waals surface area contributed by atoms with Crippen LogP contribution in [0.15, 0.2) is 48.5 Å². The molecule has 0 aromatic heterocycles. The molecule has 0 spiro atoms. The lowest BCUT2D eigenvalue weighted by Crippen LogP contribution is -2.13. The first-order chi connectivity index (χ1) is 12.0. The minimum absolute atomic E-state index is 0.142. The molecule has 3 aromatic rings. The summed E-state index contributed by atoms with van der Waals surface area (Å²) in [5.74, 6) is -0.992. The molecule has 0 aliphatic heterocycles. The summed E-state index contributed by atoms with van der Waals surface area (Å²) in [6.45, 7) is 0. The third kappa shape index (κ3) is 2.44. The number of benzene rings is 3. The van der Waals surface area contributed by atoms with E-state index in [1.54, 1.807) is 12.1 Å². The predicted molar refractivity (Wildman–Crippen MR) is 93.9 cm³/mol. The largest absolute Gasteiger partial charge is 0.316 e. The van der Waals surface area contributed by atoms with Crippen LogP contribution >= 0.6 is 0 Å². The number of nitrogens with one attached hydrogen (secondary N) is 1. The fourth-order valence-electron chi connectivity index (χ4n) is 3.04. The van der Waals surface area contributed by atoms with E-state index >= 15 is 0 Å². The Balaban J connectivity index is 1.86.